The van der Waals surface area contributed by atoms with Crippen LogP contribution in [-0.4, -0.2) is 53.2 Å². The predicted molar refractivity (Wildman–Crippen MR) is 86.8 cm³/mol. The zero-order chi connectivity index (χ0) is 18.9. The van der Waals surface area contributed by atoms with Crippen LogP contribution in [0.15, 0.2) is 0 Å². The molecule has 1 fully saturated rings. The zero-order valence-electron chi connectivity index (χ0n) is 15.2. The van der Waals surface area contributed by atoms with Gasteiger partial charge < -0.3 is 20.7 Å². The molecule has 0 aromatic heterocycles. The number of halogens is 1. The number of amides is 3. The van der Waals surface area contributed by atoms with Crippen molar-refractivity contribution >= 4 is 17.9 Å². The zero-order valence-corrected chi connectivity index (χ0v) is 15.2. The molecule has 24 heavy (non-hydrogen) atoms. The second-order valence-corrected chi connectivity index (χ2v) is 8.19. The van der Waals surface area contributed by atoms with Crippen LogP contribution in [0.2, 0.25) is 0 Å². The van der Waals surface area contributed by atoms with Crippen molar-refractivity contribution in [3.05, 3.63) is 0 Å². The summed E-state index contributed by atoms with van der Waals surface area (Å²) < 4.78 is 18.9. The van der Waals surface area contributed by atoms with E-state index < -0.39 is 47.2 Å². The minimum atomic E-state index is -1.31. The van der Waals surface area contributed by atoms with Crippen LogP contribution in [-0.2, 0) is 14.3 Å². The maximum atomic E-state index is 13.7. The Labute approximate surface area is 142 Å². The number of alkyl halides is 1. The Kier molecular flexibility index (Phi) is 5.84. The van der Waals surface area contributed by atoms with Crippen LogP contribution in [0.1, 0.15) is 48.0 Å². The SMILES string of the molecule is CC(C)(C)OC(=O)N[C@H](C(=O)N1C[C@@H](F)C[C@H]1C(N)=O)C(C)(C)C. The average molecular weight is 345 g/mol. The van der Waals surface area contributed by atoms with Crippen molar-refractivity contribution in [3.63, 3.8) is 0 Å². The van der Waals surface area contributed by atoms with Gasteiger partial charge in [0.15, 0.2) is 0 Å². The van der Waals surface area contributed by atoms with Gasteiger partial charge >= 0.3 is 6.09 Å². The minimum absolute atomic E-state index is 0.121. The van der Waals surface area contributed by atoms with Gasteiger partial charge in [0.1, 0.15) is 23.9 Å². The third kappa shape index (κ3) is 5.35. The number of hydrogen-bond donors (Lipinski definition) is 2. The van der Waals surface area contributed by atoms with Gasteiger partial charge in [-0.25, -0.2) is 9.18 Å². The summed E-state index contributed by atoms with van der Waals surface area (Å²) in [5.74, 6) is -1.30. The summed E-state index contributed by atoms with van der Waals surface area (Å²) in [6.07, 6.45) is -2.18. The van der Waals surface area contributed by atoms with E-state index in [1.807, 2.05) is 0 Å². The molecule has 0 aromatic rings. The Hall–Kier alpha value is -1.86. The van der Waals surface area contributed by atoms with E-state index in [1.54, 1.807) is 41.5 Å². The van der Waals surface area contributed by atoms with E-state index in [1.165, 1.54) is 0 Å². The summed E-state index contributed by atoms with van der Waals surface area (Å²) in [6.45, 7) is 10.2. The number of nitrogens with zero attached hydrogens (tertiary/aromatic N) is 1. The first kappa shape index (κ1) is 20.2. The first-order valence-electron chi connectivity index (χ1n) is 7.95. The van der Waals surface area contributed by atoms with Crippen molar-refractivity contribution in [1.82, 2.24) is 10.2 Å². The Morgan fingerprint density at radius 2 is 1.75 bits per heavy atom. The average Bonchev–Trinajstić information content (AvgIpc) is 2.74. The quantitative estimate of drug-likeness (QED) is 0.806. The molecule has 0 bridgehead atoms. The summed E-state index contributed by atoms with van der Waals surface area (Å²) in [7, 11) is 0. The number of rotatable bonds is 3. The van der Waals surface area contributed by atoms with E-state index in [0.717, 1.165) is 4.90 Å². The smallest absolute Gasteiger partial charge is 0.408 e. The van der Waals surface area contributed by atoms with Crippen LogP contribution in [0.25, 0.3) is 0 Å². The summed E-state index contributed by atoms with van der Waals surface area (Å²) in [4.78, 5) is 37.5. The van der Waals surface area contributed by atoms with E-state index in [4.69, 9.17) is 10.5 Å². The molecule has 0 aliphatic carbocycles. The standard InChI is InChI=1S/C16H28FN3O4/c1-15(2,3)11(19-14(23)24-16(4,5)6)13(22)20-8-9(17)7-10(20)12(18)21/h9-11H,7-8H2,1-6H3,(H2,18,21)(H,19,23)/t9-,10-,11+/m0/s1. The van der Waals surface area contributed by atoms with Crippen LogP contribution >= 0.6 is 0 Å². The van der Waals surface area contributed by atoms with Gasteiger partial charge in [-0.2, -0.15) is 0 Å². The number of hydrogen-bond acceptors (Lipinski definition) is 4. The topological polar surface area (TPSA) is 102 Å². The van der Waals surface area contributed by atoms with Gasteiger partial charge in [0, 0.05) is 6.42 Å². The number of nitrogens with two attached hydrogens (primary N) is 1. The summed E-state index contributed by atoms with van der Waals surface area (Å²) >= 11 is 0. The van der Waals surface area contributed by atoms with Crippen molar-refractivity contribution in [1.29, 1.82) is 0 Å². The lowest BCUT2D eigenvalue weighted by atomic mass is 9.85. The van der Waals surface area contributed by atoms with Gasteiger partial charge in [0.25, 0.3) is 0 Å². The van der Waals surface area contributed by atoms with Gasteiger partial charge in [-0.3, -0.25) is 9.59 Å². The Morgan fingerprint density at radius 1 is 1.21 bits per heavy atom. The fraction of sp³-hybridized carbons (Fsp3) is 0.812. The van der Waals surface area contributed by atoms with E-state index in [9.17, 15) is 18.8 Å². The van der Waals surface area contributed by atoms with Gasteiger partial charge in [0.05, 0.1) is 6.54 Å². The van der Waals surface area contributed by atoms with Gasteiger partial charge in [-0.05, 0) is 26.2 Å². The molecule has 138 valence electrons. The molecule has 1 saturated heterocycles. The lowest BCUT2D eigenvalue weighted by Gasteiger charge is -2.35. The van der Waals surface area contributed by atoms with E-state index in [2.05, 4.69) is 5.32 Å². The molecule has 3 amide bonds. The number of ether oxygens (including phenoxy) is 1. The Balaban J connectivity index is 2.98. The molecule has 1 aliphatic heterocycles. The summed E-state index contributed by atoms with van der Waals surface area (Å²) in [6, 6.07) is -1.97. The third-order valence-corrected chi connectivity index (χ3v) is 3.64. The minimum Gasteiger partial charge on any atom is -0.444 e. The number of likely N-dealkylation sites (tertiary alicyclic amines) is 1. The molecule has 0 spiro atoms. The molecular formula is C16H28FN3O4. The number of alkyl carbamates (subject to hydrolysis) is 1. The number of carbonyl (C=O) groups is 3. The Morgan fingerprint density at radius 3 is 2.17 bits per heavy atom. The highest BCUT2D eigenvalue weighted by atomic mass is 19.1. The summed E-state index contributed by atoms with van der Waals surface area (Å²) in [5.41, 5.74) is 3.89. The van der Waals surface area contributed by atoms with Crippen LogP contribution in [0.4, 0.5) is 9.18 Å². The first-order chi connectivity index (χ1) is 10.7. The molecule has 0 saturated carbocycles. The molecule has 1 heterocycles. The lowest BCUT2D eigenvalue weighted by Crippen LogP contribution is -2.57. The highest BCUT2D eigenvalue weighted by Crippen LogP contribution is 2.27. The fourth-order valence-electron chi connectivity index (χ4n) is 2.54. The number of primary amides is 1. The Bertz CT molecular complexity index is 510. The van der Waals surface area contributed by atoms with Crippen LogP contribution in [0, 0.1) is 5.41 Å². The van der Waals surface area contributed by atoms with Crippen LogP contribution in [0.5, 0.6) is 0 Å². The van der Waals surface area contributed by atoms with E-state index in [0.29, 0.717) is 0 Å². The second kappa shape index (κ2) is 6.94. The maximum absolute atomic E-state index is 13.7. The van der Waals surface area contributed by atoms with Crippen molar-refractivity contribution in [3.8, 4) is 0 Å². The van der Waals surface area contributed by atoms with Gasteiger partial charge in [0.2, 0.25) is 11.8 Å². The molecule has 0 aromatic carbocycles. The molecule has 7 nitrogen and oxygen atoms in total. The molecule has 8 heteroatoms. The first-order valence-corrected chi connectivity index (χ1v) is 7.95. The number of nitrogens with one attached hydrogen (secondary N) is 1. The molecule has 0 radical (unpaired) electrons. The van der Waals surface area contributed by atoms with Crippen LogP contribution in [0.3, 0.4) is 0 Å². The second-order valence-electron chi connectivity index (χ2n) is 8.19. The van der Waals surface area contributed by atoms with Crippen molar-refractivity contribution < 1.29 is 23.5 Å². The predicted octanol–water partition coefficient (Wildman–Crippen LogP) is 1.35. The maximum Gasteiger partial charge on any atom is 0.408 e. The number of carbonyl (C=O) groups excluding carboxylic acids is 3. The van der Waals surface area contributed by atoms with E-state index >= 15 is 0 Å². The molecule has 1 aliphatic rings. The van der Waals surface area contributed by atoms with Crippen molar-refractivity contribution in [2.24, 2.45) is 11.1 Å². The monoisotopic (exact) mass is 345 g/mol. The van der Waals surface area contributed by atoms with Crippen molar-refractivity contribution in [2.75, 3.05) is 6.54 Å². The normalized spacial score (nSPS) is 22.9. The molecule has 3 atom stereocenters. The molecule has 0 unspecified atom stereocenters. The highest BCUT2D eigenvalue weighted by molar-refractivity contribution is 5.92. The molecular weight excluding hydrogens is 317 g/mol. The summed E-state index contributed by atoms with van der Waals surface area (Å²) in [5, 5.41) is 2.54. The fourth-order valence-corrected chi connectivity index (χ4v) is 2.54. The van der Waals surface area contributed by atoms with E-state index in [-0.39, 0.29) is 13.0 Å². The molecule has 1 rings (SSSR count). The lowest BCUT2D eigenvalue weighted by molar-refractivity contribution is -0.141. The van der Waals surface area contributed by atoms with Gasteiger partial charge in [-0.1, -0.05) is 20.8 Å². The third-order valence-electron chi connectivity index (χ3n) is 3.64. The van der Waals surface area contributed by atoms with Crippen molar-refractivity contribution in [2.45, 2.75) is 71.8 Å². The highest BCUT2D eigenvalue weighted by Gasteiger charge is 2.44. The van der Waals surface area contributed by atoms with Gasteiger partial charge in [-0.15, -0.1) is 0 Å². The largest absolute Gasteiger partial charge is 0.444 e. The van der Waals surface area contributed by atoms with Crippen LogP contribution < -0.4 is 11.1 Å². The molecule has 3 N–H and O–H groups in total.